The van der Waals surface area contributed by atoms with Gasteiger partial charge in [0.05, 0.1) is 6.61 Å². The van der Waals surface area contributed by atoms with Crippen LogP contribution < -0.4 is 0 Å². The monoisotopic (exact) mass is 374 g/mol. The number of hydrogen-bond donors (Lipinski definition) is 3. The van der Waals surface area contributed by atoms with E-state index in [1.165, 1.54) is 77.0 Å². The van der Waals surface area contributed by atoms with Crippen molar-refractivity contribution in [2.45, 2.75) is 121 Å². The van der Waals surface area contributed by atoms with Crippen LogP contribution in [-0.2, 0) is 9.47 Å². The standard InChI is InChI=1S/C21H42O5/c1-2-3-4-5-6-7-8-9-10-11-12-13-14-15-16-25-21-20(24)19(23)18(17-22)26-21/h18-24H,2-17H2,1H3/t18-,19-,20+,21?/m1/s1. The second kappa shape index (κ2) is 15.8. The zero-order valence-electron chi connectivity index (χ0n) is 16.8. The Morgan fingerprint density at radius 3 is 1.58 bits per heavy atom. The van der Waals surface area contributed by atoms with Crippen LogP contribution in [0.4, 0.5) is 0 Å². The average Bonchev–Trinajstić information content (AvgIpc) is 2.92. The number of aliphatic hydroxyl groups excluding tert-OH is 3. The Labute approximate surface area is 160 Å². The van der Waals surface area contributed by atoms with Crippen LogP contribution in [-0.4, -0.2) is 53.1 Å². The Bertz CT molecular complexity index is 313. The van der Waals surface area contributed by atoms with Crippen LogP contribution in [0.2, 0.25) is 0 Å². The molecule has 5 nitrogen and oxygen atoms in total. The van der Waals surface area contributed by atoms with Crippen molar-refractivity contribution in [2.75, 3.05) is 13.2 Å². The molecular formula is C21H42O5. The maximum atomic E-state index is 9.76. The molecule has 0 aliphatic carbocycles. The molecule has 1 heterocycles. The van der Waals surface area contributed by atoms with Crippen molar-refractivity contribution < 1.29 is 24.8 Å². The minimum absolute atomic E-state index is 0.309. The van der Waals surface area contributed by atoms with Gasteiger partial charge in [0.25, 0.3) is 0 Å². The van der Waals surface area contributed by atoms with Crippen molar-refractivity contribution >= 4 is 0 Å². The van der Waals surface area contributed by atoms with Crippen molar-refractivity contribution in [1.29, 1.82) is 0 Å². The van der Waals surface area contributed by atoms with E-state index in [0.717, 1.165) is 12.8 Å². The predicted octanol–water partition coefficient (Wildman–Crippen LogP) is 3.92. The van der Waals surface area contributed by atoms with Crippen LogP contribution >= 0.6 is 0 Å². The van der Waals surface area contributed by atoms with Crippen molar-refractivity contribution in [3.8, 4) is 0 Å². The first-order valence-corrected chi connectivity index (χ1v) is 10.9. The summed E-state index contributed by atoms with van der Waals surface area (Å²) in [6.45, 7) is 2.47. The van der Waals surface area contributed by atoms with Crippen LogP contribution in [0.5, 0.6) is 0 Å². The maximum Gasteiger partial charge on any atom is 0.186 e. The highest BCUT2D eigenvalue weighted by molar-refractivity contribution is 4.86. The fourth-order valence-corrected chi connectivity index (χ4v) is 3.50. The molecule has 0 aromatic heterocycles. The average molecular weight is 375 g/mol. The number of hydrogen-bond acceptors (Lipinski definition) is 5. The molecule has 0 aromatic carbocycles. The Balaban J connectivity index is 1.80. The summed E-state index contributed by atoms with van der Waals surface area (Å²) in [5.41, 5.74) is 0. The van der Waals surface area contributed by atoms with Gasteiger partial charge < -0.3 is 24.8 Å². The number of unbranched alkanes of at least 4 members (excludes halogenated alkanes) is 13. The highest BCUT2D eigenvalue weighted by atomic mass is 16.7. The quantitative estimate of drug-likeness (QED) is 0.336. The largest absolute Gasteiger partial charge is 0.394 e. The molecule has 1 saturated heterocycles. The van der Waals surface area contributed by atoms with Gasteiger partial charge in [-0.15, -0.1) is 0 Å². The second-order valence-electron chi connectivity index (χ2n) is 7.67. The predicted molar refractivity (Wildman–Crippen MR) is 104 cm³/mol. The summed E-state index contributed by atoms with van der Waals surface area (Å²) in [6.07, 6.45) is 14.7. The lowest BCUT2D eigenvalue weighted by atomic mass is 10.0. The highest BCUT2D eigenvalue weighted by Gasteiger charge is 2.42. The lowest BCUT2D eigenvalue weighted by Gasteiger charge is -2.15. The van der Waals surface area contributed by atoms with Crippen LogP contribution in [0, 0.1) is 0 Å². The number of ether oxygens (including phenoxy) is 2. The van der Waals surface area contributed by atoms with Gasteiger partial charge in [-0.1, -0.05) is 90.4 Å². The summed E-state index contributed by atoms with van der Waals surface area (Å²) in [6, 6.07) is 0. The molecule has 26 heavy (non-hydrogen) atoms. The lowest BCUT2D eigenvalue weighted by Crippen LogP contribution is -2.34. The zero-order chi connectivity index (χ0) is 19.0. The van der Waals surface area contributed by atoms with E-state index in [4.69, 9.17) is 14.6 Å². The van der Waals surface area contributed by atoms with Crippen LogP contribution in [0.25, 0.3) is 0 Å². The van der Waals surface area contributed by atoms with Gasteiger partial charge in [-0.05, 0) is 6.42 Å². The Morgan fingerprint density at radius 1 is 0.692 bits per heavy atom. The fraction of sp³-hybridized carbons (Fsp3) is 1.00. The maximum absolute atomic E-state index is 9.76. The minimum atomic E-state index is -1.07. The van der Waals surface area contributed by atoms with Gasteiger partial charge in [0, 0.05) is 6.61 Å². The van der Waals surface area contributed by atoms with E-state index < -0.39 is 24.6 Å². The number of rotatable bonds is 17. The normalized spacial score (nSPS) is 25.8. The molecule has 0 amide bonds. The number of aliphatic hydroxyl groups is 3. The van der Waals surface area contributed by atoms with E-state index in [9.17, 15) is 10.2 Å². The lowest BCUT2D eigenvalue weighted by molar-refractivity contribution is -0.169. The molecule has 156 valence electrons. The molecule has 3 N–H and O–H groups in total. The molecule has 1 aliphatic rings. The molecular weight excluding hydrogens is 332 g/mol. The molecule has 4 atom stereocenters. The van der Waals surface area contributed by atoms with E-state index in [1.807, 2.05) is 0 Å². The van der Waals surface area contributed by atoms with Crippen molar-refractivity contribution in [3.63, 3.8) is 0 Å². The van der Waals surface area contributed by atoms with Gasteiger partial charge in [0.15, 0.2) is 6.29 Å². The van der Waals surface area contributed by atoms with E-state index in [2.05, 4.69) is 6.92 Å². The SMILES string of the molecule is CCCCCCCCCCCCCCCCOC1O[C@H](CO)[C@@H](O)[C@@H]1O. The molecule has 0 spiro atoms. The minimum Gasteiger partial charge on any atom is -0.394 e. The van der Waals surface area contributed by atoms with Gasteiger partial charge in [0.1, 0.15) is 18.3 Å². The Hall–Kier alpha value is -0.200. The molecule has 1 unspecified atom stereocenters. The third-order valence-electron chi connectivity index (χ3n) is 5.28. The fourth-order valence-electron chi connectivity index (χ4n) is 3.50. The first-order valence-electron chi connectivity index (χ1n) is 10.9. The van der Waals surface area contributed by atoms with Gasteiger partial charge >= 0.3 is 0 Å². The van der Waals surface area contributed by atoms with E-state index in [0.29, 0.717) is 6.61 Å². The van der Waals surface area contributed by atoms with Gasteiger partial charge in [-0.2, -0.15) is 0 Å². The van der Waals surface area contributed by atoms with E-state index >= 15 is 0 Å². The van der Waals surface area contributed by atoms with Crippen molar-refractivity contribution in [3.05, 3.63) is 0 Å². The summed E-state index contributed by atoms with van der Waals surface area (Å²) in [4.78, 5) is 0. The van der Waals surface area contributed by atoms with Crippen LogP contribution in [0.15, 0.2) is 0 Å². The molecule has 1 aliphatic heterocycles. The summed E-state index contributed by atoms with van der Waals surface area (Å²) in [5, 5.41) is 28.4. The third kappa shape index (κ3) is 10.2. The zero-order valence-corrected chi connectivity index (χ0v) is 16.8. The summed E-state index contributed by atoms with van der Waals surface area (Å²) >= 11 is 0. The molecule has 0 aromatic rings. The molecule has 5 heteroatoms. The third-order valence-corrected chi connectivity index (χ3v) is 5.28. The Kier molecular flexibility index (Phi) is 14.5. The van der Waals surface area contributed by atoms with E-state index in [1.54, 1.807) is 0 Å². The van der Waals surface area contributed by atoms with Crippen LogP contribution in [0.1, 0.15) is 96.8 Å². The van der Waals surface area contributed by atoms with Gasteiger partial charge in [-0.25, -0.2) is 0 Å². The smallest absolute Gasteiger partial charge is 0.186 e. The van der Waals surface area contributed by atoms with Crippen molar-refractivity contribution in [1.82, 2.24) is 0 Å². The van der Waals surface area contributed by atoms with Crippen LogP contribution in [0.3, 0.4) is 0 Å². The first kappa shape index (κ1) is 23.8. The Morgan fingerprint density at radius 2 is 1.15 bits per heavy atom. The van der Waals surface area contributed by atoms with E-state index in [-0.39, 0.29) is 6.61 Å². The van der Waals surface area contributed by atoms with Crippen molar-refractivity contribution in [2.24, 2.45) is 0 Å². The molecule has 1 fully saturated rings. The second-order valence-corrected chi connectivity index (χ2v) is 7.67. The summed E-state index contributed by atoms with van der Waals surface area (Å²) < 4.78 is 10.8. The molecule has 1 rings (SSSR count). The van der Waals surface area contributed by atoms with Gasteiger partial charge in [-0.3, -0.25) is 0 Å². The summed E-state index contributed by atoms with van der Waals surface area (Å²) in [7, 11) is 0. The molecule has 0 radical (unpaired) electrons. The topological polar surface area (TPSA) is 79.2 Å². The van der Waals surface area contributed by atoms with Gasteiger partial charge in [0.2, 0.25) is 0 Å². The first-order chi connectivity index (χ1) is 12.7. The summed E-state index contributed by atoms with van der Waals surface area (Å²) in [5.74, 6) is 0. The molecule has 0 bridgehead atoms. The molecule has 0 saturated carbocycles. The highest BCUT2D eigenvalue weighted by Crippen LogP contribution is 2.22.